The number of aromatic amines is 1. The van der Waals surface area contributed by atoms with Crippen molar-refractivity contribution in [2.75, 3.05) is 14.2 Å². The molecular formula is C16H17NO4. The average Bonchev–Trinajstić information content (AvgIpc) is 2.85. The number of ketones is 1. The van der Waals surface area contributed by atoms with E-state index in [0.717, 1.165) is 10.9 Å². The minimum absolute atomic E-state index is 0.191. The lowest BCUT2D eigenvalue weighted by atomic mass is 9.82. The Morgan fingerprint density at radius 3 is 2.57 bits per heavy atom. The van der Waals surface area contributed by atoms with Gasteiger partial charge in [-0.15, -0.1) is 0 Å². The van der Waals surface area contributed by atoms with Crippen molar-refractivity contribution >= 4 is 16.7 Å². The van der Waals surface area contributed by atoms with Gasteiger partial charge >= 0.3 is 0 Å². The Morgan fingerprint density at radius 2 is 1.95 bits per heavy atom. The molecule has 5 heteroatoms. The van der Waals surface area contributed by atoms with Gasteiger partial charge in [-0.3, -0.25) is 4.79 Å². The predicted octanol–water partition coefficient (Wildman–Crippen LogP) is 2.50. The van der Waals surface area contributed by atoms with Crippen LogP contribution in [0, 0.1) is 0 Å². The van der Waals surface area contributed by atoms with Crippen molar-refractivity contribution in [2.45, 2.75) is 19.4 Å². The van der Waals surface area contributed by atoms with Gasteiger partial charge in [-0.05, 0) is 32.0 Å². The van der Waals surface area contributed by atoms with Crippen LogP contribution in [-0.4, -0.2) is 30.1 Å². The first-order valence-electron chi connectivity index (χ1n) is 6.64. The second-order valence-corrected chi connectivity index (χ2v) is 5.35. The van der Waals surface area contributed by atoms with E-state index >= 15 is 0 Å². The van der Waals surface area contributed by atoms with Crippen LogP contribution in [0.15, 0.2) is 29.5 Å². The van der Waals surface area contributed by atoms with Crippen LogP contribution in [0.4, 0.5) is 0 Å². The Balaban J connectivity index is 2.37. The van der Waals surface area contributed by atoms with Gasteiger partial charge in [0.05, 0.1) is 25.5 Å². The molecule has 0 aliphatic heterocycles. The lowest BCUT2D eigenvalue weighted by Crippen LogP contribution is -2.33. The zero-order valence-corrected chi connectivity index (χ0v) is 12.4. The number of methoxy groups -OCH3 is 2. The van der Waals surface area contributed by atoms with Gasteiger partial charge < -0.3 is 19.6 Å². The fraction of sp³-hybridized carbons (Fsp3) is 0.312. The fourth-order valence-electron chi connectivity index (χ4n) is 2.84. The van der Waals surface area contributed by atoms with E-state index in [9.17, 15) is 9.90 Å². The summed E-state index contributed by atoms with van der Waals surface area (Å²) in [5.74, 6) is 0.620. The lowest BCUT2D eigenvalue weighted by molar-refractivity contribution is 0.0696. The van der Waals surface area contributed by atoms with Gasteiger partial charge in [0.1, 0.15) is 11.4 Å². The van der Waals surface area contributed by atoms with Crippen LogP contribution in [-0.2, 0) is 10.3 Å². The highest BCUT2D eigenvalue weighted by Gasteiger charge is 2.42. The number of allylic oxidation sites excluding steroid dienone is 1. The molecule has 1 aromatic carbocycles. The first-order chi connectivity index (χ1) is 9.91. The van der Waals surface area contributed by atoms with E-state index in [1.165, 1.54) is 7.11 Å². The van der Waals surface area contributed by atoms with Gasteiger partial charge in [0.2, 0.25) is 5.78 Å². The van der Waals surface area contributed by atoms with E-state index in [1.54, 1.807) is 33.1 Å². The normalized spacial score (nSPS) is 21.7. The second kappa shape index (κ2) is 4.36. The highest BCUT2D eigenvalue weighted by molar-refractivity contribution is 6.18. The number of benzene rings is 1. The topological polar surface area (TPSA) is 71.6 Å². The third kappa shape index (κ3) is 1.70. The molecule has 0 amide bonds. The summed E-state index contributed by atoms with van der Waals surface area (Å²) in [6.45, 7) is 3.35. The van der Waals surface area contributed by atoms with Crippen molar-refractivity contribution in [3.05, 3.63) is 40.8 Å². The van der Waals surface area contributed by atoms with Crippen LogP contribution in [0.5, 0.6) is 5.75 Å². The molecule has 3 rings (SSSR count). The van der Waals surface area contributed by atoms with Crippen LogP contribution in [0.3, 0.4) is 0 Å². The molecule has 0 unspecified atom stereocenters. The maximum atomic E-state index is 12.7. The van der Waals surface area contributed by atoms with Crippen LogP contribution in [0.25, 0.3) is 10.9 Å². The van der Waals surface area contributed by atoms with E-state index in [4.69, 9.17) is 9.47 Å². The summed E-state index contributed by atoms with van der Waals surface area (Å²) >= 11 is 0. The summed E-state index contributed by atoms with van der Waals surface area (Å²) in [6.07, 6.45) is 0. The number of fused-ring (bicyclic) bond motifs is 3. The summed E-state index contributed by atoms with van der Waals surface area (Å²) < 4.78 is 10.4. The number of Topliss-reactive ketones (excluding diaryl/α,β-unsaturated/α-hetero) is 1. The van der Waals surface area contributed by atoms with Gasteiger partial charge in [0, 0.05) is 16.5 Å². The van der Waals surface area contributed by atoms with Crippen LogP contribution >= 0.6 is 0 Å². The van der Waals surface area contributed by atoms with Crippen molar-refractivity contribution in [3.63, 3.8) is 0 Å². The maximum Gasteiger partial charge on any atom is 0.230 e. The van der Waals surface area contributed by atoms with Crippen molar-refractivity contribution in [1.82, 2.24) is 4.98 Å². The standard InChI is InChI=1S/C16H17NO4/c1-8-14(21-4)13(18)12-10-7-9(20-3)5-6-11(10)17-15(12)16(8,2)19/h5-7,17,19H,1-4H3/t16-/m0/s1. The van der Waals surface area contributed by atoms with Crippen LogP contribution in [0.1, 0.15) is 29.9 Å². The molecule has 0 saturated heterocycles. The number of H-pyrrole nitrogens is 1. The molecule has 0 radical (unpaired) electrons. The van der Waals surface area contributed by atoms with E-state index in [-0.39, 0.29) is 11.5 Å². The number of carbonyl (C=O) groups excluding carboxylic acids is 1. The number of aliphatic hydroxyl groups is 1. The van der Waals surface area contributed by atoms with Crippen LogP contribution in [0.2, 0.25) is 0 Å². The third-order valence-electron chi connectivity index (χ3n) is 4.20. The Labute approximate surface area is 122 Å². The SMILES string of the molecule is COC1=C(C)[C@](C)(O)c2[nH]c3ccc(OC)cc3c2C1=O. The van der Waals surface area contributed by atoms with Crippen molar-refractivity contribution in [1.29, 1.82) is 0 Å². The van der Waals surface area contributed by atoms with E-state index in [1.807, 2.05) is 6.07 Å². The van der Waals surface area contributed by atoms with Crippen molar-refractivity contribution in [3.8, 4) is 5.75 Å². The highest BCUT2D eigenvalue weighted by atomic mass is 16.5. The summed E-state index contributed by atoms with van der Waals surface area (Å²) in [5, 5.41) is 11.5. The van der Waals surface area contributed by atoms with E-state index in [2.05, 4.69) is 4.98 Å². The summed E-state index contributed by atoms with van der Waals surface area (Å²) in [6, 6.07) is 5.42. The molecule has 2 N–H and O–H groups in total. The molecule has 0 spiro atoms. The number of ether oxygens (including phenoxy) is 2. The Hall–Kier alpha value is -2.27. The molecule has 110 valence electrons. The van der Waals surface area contributed by atoms with Gasteiger partial charge in [-0.1, -0.05) is 0 Å². The fourth-order valence-corrected chi connectivity index (χ4v) is 2.84. The quantitative estimate of drug-likeness (QED) is 0.890. The van der Waals surface area contributed by atoms with E-state index < -0.39 is 5.60 Å². The molecular weight excluding hydrogens is 270 g/mol. The predicted molar refractivity (Wildman–Crippen MR) is 78.5 cm³/mol. The smallest absolute Gasteiger partial charge is 0.230 e. The Kier molecular flexibility index (Phi) is 2.85. The molecule has 1 aromatic heterocycles. The van der Waals surface area contributed by atoms with Crippen molar-refractivity contribution in [2.24, 2.45) is 0 Å². The molecule has 0 bridgehead atoms. The monoisotopic (exact) mass is 287 g/mol. The summed E-state index contributed by atoms with van der Waals surface area (Å²) in [5.41, 5.74) is 0.937. The highest BCUT2D eigenvalue weighted by Crippen LogP contribution is 2.42. The number of aromatic nitrogens is 1. The number of hydrogen-bond acceptors (Lipinski definition) is 4. The maximum absolute atomic E-state index is 12.7. The molecule has 5 nitrogen and oxygen atoms in total. The molecule has 1 aliphatic rings. The molecule has 21 heavy (non-hydrogen) atoms. The minimum Gasteiger partial charge on any atom is -0.497 e. The van der Waals surface area contributed by atoms with Gasteiger partial charge in [-0.25, -0.2) is 0 Å². The Bertz CT molecular complexity index is 783. The minimum atomic E-state index is -1.28. The first kappa shape index (κ1) is 13.7. The average molecular weight is 287 g/mol. The number of carbonyl (C=O) groups is 1. The zero-order chi connectivity index (χ0) is 15.4. The molecule has 1 atom stereocenters. The van der Waals surface area contributed by atoms with Gasteiger partial charge in [0.15, 0.2) is 5.76 Å². The largest absolute Gasteiger partial charge is 0.497 e. The Morgan fingerprint density at radius 1 is 1.24 bits per heavy atom. The number of nitrogens with one attached hydrogen (secondary N) is 1. The van der Waals surface area contributed by atoms with Crippen molar-refractivity contribution < 1.29 is 19.4 Å². The summed E-state index contributed by atoms with van der Waals surface area (Å²) in [7, 11) is 3.01. The molecule has 1 heterocycles. The molecule has 1 aliphatic carbocycles. The zero-order valence-electron chi connectivity index (χ0n) is 12.4. The lowest BCUT2D eigenvalue weighted by Gasteiger charge is -2.30. The molecule has 0 saturated carbocycles. The van der Waals surface area contributed by atoms with Gasteiger partial charge in [-0.2, -0.15) is 0 Å². The first-order valence-corrected chi connectivity index (χ1v) is 6.64. The molecule has 0 fully saturated rings. The second-order valence-electron chi connectivity index (χ2n) is 5.35. The number of hydrogen-bond donors (Lipinski definition) is 2. The third-order valence-corrected chi connectivity index (χ3v) is 4.20. The van der Waals surface area contributed by atoms with Crippen LogP contribution < -0.4 is 4.74 Å². The van der Waals surface area contributed by atoms with Gasteiger partial charge in [0.25, 0.3) is 0 Å². The number of rotatable bonds is 2. The summed E-state index contributed by atoms with van der Waals surface area (Å²) in [4.78, 5) is 15.8. The molecule has 2 aromatic rings. The van der Waals surface area contributed by atoms with E-state index in [0.29, 0.717) is 22.6 Å².